The maximum absolute atomic E-state index is 13.8. The second-order valence-electron chi connectivity index (χ2n) is 12.7. The number of rotatable bonds is 7. The minimum absolute atomic E-state index is 0.0139. The Morgan fingerprint density at radius 3 is 2.37 bits per heavy atom. The Morgan fingerprint density at radius 1 is 1.23 bits per heavy atom. The van der Waals surface area contributed by atoms with Crippen molar-refractivity contribution in [3.05, 3.63) is 57.6 Å². The van der Waals surface area contributed by atoms with Crippen molar-refractivity contribution in [1.82, 2.24) is 10.2 Å². The number of epoxide rings is 1. The smallest absolute Gasteiger partial charge is 0.252 e. The number of aliphatic hydroxyl groups is 1. The molecule has 1 heterocycles. The Hall–Kier alpha value is -3.30. The maximum Gasteiger partial charge on any atom is 0.252 e. The van der Waals surface area contributed by atoms with Crippen molar-refractivity contribution >= 4 is 11.7 Å². The molecule has 3 atom stereocenters. The van der Waals surface area contributed by atoms with Gasteiger partial charge in [-0.2, -0.15) is 0 Å². The molecule has 1 saturated carbocycles. The van der Waals surface area contributed by atoms with E-state index in [0.717, 1.165) is 18.7 Å². The van der Waals surface area contributed by atoms with Gasteiger partial charge in [-0.3, -0.25) is 14.5 Å². The number of primary amides is 1. The van der Waals surface area contributed by atoms with E-state index in [9.17, 15) is 19.8 Å². The predicted octanol–water partition coefficient (Wildman–Crippen LogP) is 4.93. The SMILES string of the molecule is C1CCC1.C=C1C(C(N)=O)=C(O)C[C@@H]2C[C@@H]3Cc4c(OC)c(CN(CC)CC(C)C)cc(O)c4C(=O)C3=C3O[C@]132.CNC. The van der Waals surface area contributed by atoms with Gasteiger partial charge in [-0.1, -0.05) is 53.0 Å². The normalized spacial score (nSPS) is 24.7. The first-order valence-electron chi connectivity index (χ1n) is 15.6. The summed E-state index contributed by atoms with van der Waals surface area (Å²) < 4.78 is 11.9. The van der Waals surface area contributed by atoms with Crippen LogP contribution in [0.25, 0.3) is 0 Å². The van der Waals surface area contributed by atoms with E-state index >= 15 is 0 Å². The molecule has 1 saturated heterocycles. The molecular formula is C34H49N3O6. The molecule has 1 aromatic carbocycles. The molecule has 1 aromatic rings. The molecule has 0 radical (unpaired) electrons. The van der Waals surface area contributed by atoms with Crippen molar-refractivity contribution in [2.24, 2.45) is 23.5 Å². The number of Topliss-reactive ketones (excluding diaryl/α,β-unsaturated/α-hetero) is 1. The highest BCUT2D eigenvalue weighted by molar-refractivity contribution is 6.14. The van der Waals surface area contributed by atoms with Gasteiger partial charge in [-0.05, 0) is 51.4 Å². The Labute approximate surface area is 255 Å². The van der Waals surface area contributed by atoms with Crippen molar-refractivity contribution in [3.63, 3.8) is 0 Å². The first kappa shape index (κ1) is 32.6. The molecule has 1 amide bonds. The van der Waals surface area contributed by atoms with Crippen LogP contribution in [0, 0.1) is 17.8 Å². The number of nitrogens with two attached hydrogens (primary N) is 1. The molecule has 5 aliphatic rings. The Kier molecular flexibility index (Phi) is 9.96. The van der Waals surface area contributed by atoms with Crippen LogP contribution in [-0.4, -0.2) is 66.7 Å². The van der Waals surface area contributed by atoms with E-state index < -0.39 is 11.5 Å². The lowest BCUT2D eigenvalue weighted by molar-refractivity contribution is -0.114. The van der Waals surface area contributed by atoms with Crippen molar-refractivity contribution in [1.29, 1.82) is 0 Å². The first-order chi connectivity index (χ1) is 20.5. The number of nitrogens with one attached hydrogen (secondary N) is 1. The van der Waals surface area contributed by atoms with Gasteiger partial charge in [-0.15, -0.1) is 0 Å². The van der Waals surface area contributed by atoms with Crippen LogP contribution in [0.1, 0.15) is 80.8 Å². The zero-order valence-corrected chi connectivity index (χ0v) is 26.6. The van der Waals surface area contributed by atoms with E-state index in [1.807, 2.05) is 14.1 Å². The molecule has 4 aliphatic carbocycles. The molecule has 1 aliphatic heterocycles. The third-order valence-corrected chi connectivity index (χ3v) is 9.11. The number of hydrogen-bond acceptors (Lipinski definition) is 8. The van der Waals surface area contributed by atoms with Gasteiger partial charge in [0.25, 0.3) is 5.91 Å². The lowest BCUT2D eigenvalue weighted by atomic mass is 9.62. The van der Waals surface area contributed by atoms with Crippen LogP contribution in [0.5, 0.6) is 11.5 Å². The molecule has 0 unspecified atom stereocenters. The summed E-state index contributed by atoms with van der Waals surface area (Å²) in [6.45, 7) is 12.8. The van der Waals surface area contributed by atoms with Crippen LogP contribution < -0.4 is 15.8 Å². The molecule has 43 heavy (non-hydrogen) atoms. The summed E-state index contributed by atoms with van der Waals surface area (Å²) in [5, 5.41) is 24.3. The lowest BCUT2D eigenvalue weighted by Gasteiger charge is -2.38. The summed E-state index contributed by atoms with van der Waals surface area (Å²) in [5.41, 5.74) is 7.15. The number of carbonyl (C=O) groups excluding carboxylic acids is 2. The number of methoxy groups -OCH3 is 1. The third kappa shape index (κ3) is 5.94. The average Bonchev–Trinajstić information content (AvgIpc) is 3.63. The van der Waals surface area contributed by atoms with Gasteiger partial charge in [0.1, 0.15) is 17.3 Å². The number of aromatic hydroxyl groups is 1. The highest BCUT2D eigenvalue weighted by Crippen LogP contribution is 2.66. The minimum Gasteiger partial charge on any atom is -0.511 e. The van der Waals surface area contributed by atoms with Crippen LogP contribution in [0.2, 0.25) is 0 Å². The topological polar surface area (TPSA) is 138 Å². The van der Waals surface area contributed by atoms with E-state index in [-0.39, 0.29) is 46.7 Å². The second-order valence-corrected chi connectivity index (χ2v) is 12.7. The quantitative estimate of drug-likeness (QED) is 0.326. The summed E-state index contributed by atoms with van der Waals surface area (Å²) in [6.07, 6.45) is 7.31. The van der Waals surface area contributed by atoms with E-state index in [0.29, 0.717) is 53.5 Å². The van der Waals surface area contributed by atoms with Crippen LogP contribution in [0.15, 0.2) is 40.9 Å². The largest absolute Gasteiger partial charge is 0.511 e. The van der Waals surface area contributed by atoms with Crippen LogP contribution in [0.3, 0.4) is 0 Å². The number of carbonyl (C=O) groups is 2. The van der Waals surface area contributed by atoms with Gasteiger partial charge in [0.2, 0.25) is 0 Å². The second kappa shape index (κ2) is 13.1. The molecule has 0 aromatic heterocycles. The third-order valence-electron chi connectivity index (χ3n) is 9.11. The van der Waals surface area contributed by atoms with E-state index in [1.54, 1.807) is 13.2 Å². The average molecular weight is 596 g/mol. The number of fused-ring (bicyclic) bond motifs is 2. The fourth-order valence-electron chi connectivity index (χ4n) is 6.88. The molecule has 5 N–H and O–H groups in total. The molecule has 9 nitrogen and oxygen atoms in total. The monoisotopic (exact) mass is 595 g/mol. The summed E-state index contributed by atoms with van der Waals surface area (Å²) >= 11 is 0. The molecule has 0 bridgehead atoms. The highest BCUT2D eigenvalue weighted by atomic mass is 16.6. The van der Waals surface area contributed by atoms with Gasteiger partial charge in [0, 0.05) is 47.7 Å². The Balaban J connectivity index is 0.000000540. The number of benzene rings is 1. The van der Waals surface area contributed by atoms with Crippen LogP contribution >= 0.6 is 0 Å². The Morgan fingerprint density at radius 2 is 1.86 bits per heavy atom. The summed E-state index contributed by atoms with van der Waals surface area (Å²) in [4.78, 5) is 28.1. The first-order valence-corrected chi connectivity index (χ1v) is 15.6. The van der Waals surface area contributed by atoms with Crippen LogP contribution in [0.4, 0.5) is 0 Å². The zero-order valence-electron chi connectivity index (χ0n) is 26.6. The number of phenols is 1. The summed E-state index contributed by atoms with van der Waals surface area (Å²) in [5.74, 6) is 0.129. The van der Waals surface area contributed by atoms with Crippen molar-refractivity contribution in [2.75, 3.05) is 34.3 Å². The Bertz CT molecular complexity index is 1340. The number of ketones is 1. The van der Waals surface area contributed by atoms with Gasteiger partial charge in [0.15, 0.2) is 17.1 Å². The van der Waals surface area contributed by atoms with E-state index in [1.165, 1.54) is 25.7 Å². The van der Waals surface area contributed by atoms with Gasteiger partial charge in [-0.25, -0.2) is 0 Å². The molecule has 6 rings (SSSR count). The molecule has 9 heteroatoms. The number of allylic oxidation sites excluding steroid dienone is 2. The predicted molar refractivity (Wildman–Crippen MR) is 167 cm³/mol. The van der Waals surface area contributed by atoms with Crippen molar-refractivity contribution in [3.8, 4) is 11.5 Å². The van der Waals surface area contributed by atoms with Crippen molar-refractivity contribution < 1.29 is 29.3 Å². The summed E-state index contributed by atoms with van der Waals surface area (Å²) in [7, 11) is 5.35. The van der Waals surface area contributed by atoms with Gasteiger partial charge >= 0.3 is 0 Å². The lowest BCUT2D eigenvalue weighted by Crippen LogP contribution is -2.41. The number of nitrogens with zero attached hydrogens (tertiary/aromatic N) is 1. The fourth-order valence-corrected chi connectivity index (χ4v) is 6.88. The minimum atomic E-state index is -0.978. The number of amides is 1. The fraction of sp³-hybridized carbons (Fsp3) is 0.588. The molecule has 2 fully saturated rings. The zero-order chi connectivity index (χ0) is 31.6. The summed E-state index contributed by atoms with van der Waals surface area (Å²) in [6, 6.07) is 1.64. The molecule has 236 valence electrons. The van der Waals surface area contributed by atoms with E-state index in [4.69, 9.17) is 15.2 Å². The van der Waals surface area contributed by atoms with Gasteiger partial charge in [0.05, 0.1) is 18.2 Å². The maximum atomic E-state index is 13.8. The van der Waals surface area contributed by atoms with Crippen LogP contribution in [-0.2, 0) is 22.5 Å². The number of hydrogen-bond donors (Lipinski definition) is 4. The van der Waals surface area contributed by atoms with Crippen molar-refractivity contribution in [2.45, 2.75) is 77.9 Å². The standard InChI is InChI=1S/C28H34N2O6.C4H8.C2H7N/c1-6-30(11-13(2)3)12-16-9-19(31)23-18(25(16)35-5)8-15-7-17-10-20(32)21(27(29)34)14(4)28(17)26(36-28)22(15)24(23)33;1-2-4-3-1;1-3-2/h9,13,15,17,31-32H,4,6-8,10-12H2,1-3,5H3,(H2,29,34);1-4H2;3H,1-2H3/t15-,17+,28+;;/m1../s1. The number of aliphatic hydroxyl groups excluding tert-OH is 1. The van der Waals surface area contributed by atoms with E-state index in [2.05, 4.69) is 37.6 Å². The molecule has 1 spiro atoms. The highest BCUT2D eigenvalue weighted by Gasteiger charge is 2.69. The molecular weight excluding hydrogens is 546 g/mol. The number of phenolic OH excluding ortho intramolecular Hbond substituents is 1. The number of ether oxygens (including phenoxy) is 2. The van der Waals surface area contributed by atoms with Gasteiger partial charge < -0.3 is 30.7 Å².